The lowest BCUT2D eigenvalue weighted by atomic mass is 10.1. The van der Waals surface area contributed by atoms with E-state index in [1.165, 1.54) is 0 Å². The first kappa shape index (κ1) is 15.8. The maximum atomic E-state index is 12.0. The molecule has 114 valence electrons. The Bertz CT molecular complexity index is 641. The average Bonchev–Trinajstić information content (AvgIpc) is 3.02. The molecule has 4 nitrogen and oxygen atoms in total. The van der Waals surface area contributed by atoms with Crippen LogP contribution in [0.1, 0.15) is 55.5 Å². The van der Waals surface area contributed by atoms with Crippen molar-refractivity contribution >= 4 is 17.2 Å². The quantitative estimate of drug-likeness (QED) is 0.913. The van der Waals surface area contributed by atoms with E-state index < -0.39 is 0 Å². The molecule has 0 saturated heterocycles. The van der Waals surface area contributed by atoms with Crippen molar-refractivity contribution in [3.63, 3.8) is 0 Å². The molecule has 0 aliphatic heterocycles. The molecule has 0 aromatic carbocycles. The highest BCUT2D eigenvalue weighted by molar-refractivity contribution is 7.13. The molecular weight excluding hydrogens is 282 g/mol. The fraction of sp³-hybridized carbons (Fsp3) is 0.500. The Morgan fingerprint density at radius 2 is 2.10 bits per heavy atom. The van der Waals surface area contributed by atoms with Gasteiger partial charge < -0.3 is 10.3 Å². The number of carbonyl (C=O) groups is 1. The van der Waals surface area contributed by atoms with Crippen molar-refractivity contribution in [2.24, 2.45) is 11.7 Å². The Kier molecular flexibility index (Phi) is 4.52. The van der Waals surface area contributed by atoms with E-state index in [1.807, 2.05) is 12.3 Å². The number of hydrogen-bond acceptors (Lipinski definition) is 3. The Balaban J connectivity index is 2.80. The molecule has 0 saturated carbocycles. The van der Waals surface area contributed by atoms with Gasteiger partial charge in [0.2, 0.25) is 0 Å². The fourth-order valence-corrected chi connectivity index (χ4v) is 3.55. The van der Waals surface area contributed by atoms with Crippen molar-refractivity contribution in [3.05, 3.63) is 28.5 Å². The van der Waals surface area contributed by atoms with Crippen molar-refractivity contribution in [2.45, 2.75) is 47.1 Å². The summed E-state index contributed by atoms with van der Waals surface area (Å²) >= 11 is 1.55. The first-order chi connectivity index (χ1) is 9.90. The minimum absolute atomic E-state index is 0.312. The van der Waals surface area contributed by atoms with Gasteiger partial charge in [0.15, 0.2) is 0 Å². The van der Waals surface area contributed by atoms with Crippen molar-refractivity contribution < 1.29 is 4.79 Å². The monoisotopic (exact) mass is 305 g/mol. The minimum Gasteiger partial charge on any atom is -0.366 e. The molecule has 2 heterocycles. The van der Waals surface area contributed by atoms with Crippen LogP contribution in [0.5, 0.6) is 0 Å². The lowest BCUT2D eigenvalue weighted by Gasteiger charge is -2.23. The highest BCUT2D eigenvalue weighted by Crippen LogP contribution is 2.37. The Hall–Kier alpha value is -1.62. The average molecular weight is 305 g/mol. The van der Waals surface area contributed by atoms with Crippen LogP contribution in [-0.4, -0.2) is 15.5 Å². The Labute approximate surface area is 130 Å². The van der Waals surface area contributed by atoms with E-state index in [4.69, 9.17) is 5.73 Å². The van der Waals surface area contributed by atoms with Crippen LogP contribution in [0.3, 0.4) is 0 Å². The highest BCUT2D eigenvalue weighted by atomic mass is 32.1. The molecule has 1 atom stereocenters. The lowest BCUT2D eigenvalue weighted by Crippen LogP contribution is -2.17. The topological polar surface area (TPSA) is 60.9 Å². The smallest absolute Gasteiger partial charge is 0.251 e. The predicted octanol–water partition coefficient (Wildman–Crippen LogP) is 3.80. The molecule has 0 aliphatic rings. The molecule has 21 heavy (non-hydrogen) atoms. The molecule has 0 radical (unpaired) electrons. The summed E-state index contributed by atoms with van der Waals surface area (Å²) in [6, 6.07) is 0.312. The van der Waals surface area contributed by atoms with Gasteiger partial charge in [-0.25, -0.2) is 4.98 Å². The molecule has 1 unspecified atom stereocenters. The molecule has 2 aromatic heterocycles. The molecule has 5 heteroatoms. The number of hydrogen-bond donors (Lipinski definition) is 1. The molecule has 2 aromatic rings. The van der Waals surface area contributed by atoms with Crippen LogP contribution in [-0.2, 0) is 6.42 Å². The van der Waals surface area contributed by atoms with Gasteiger partial charge in [-0.2, -0.15) is 0 Å². The van der Waals surface area contributed by atoms with E-state index in [2.05, 4.69) is 37.2 Å². The summed E-state index contributed by atoms with van der Waals surface area (Å²) in [5.74, 6) is 0.105. The first-order valence-corrected chi connectivity index (χ1v) is 8.21. The van der Waals surface area contributed by atoms with E-state index in [1.54, 1.807) is 17.5 Å². The zero-order valence-corrected chi connectivity index (χ0v) is 14.1. The van der Waals surface area contributed by atoms with E-state index >= 15 is 0 Å². The van der Waals surface area contributed by atoms with Crippen molar-refractivity contribution in [1.29, 1.82) is 0 Å². The van der Waals surface area contributed by atoms with Gasteiger partial charge in [0.05, 0.1) is 5.56 Å². The summed E-state index contributed by atoms with van der Waals surface area (Å²) in [6.45, 7) is 10.7. The van der Waals surface area contributed by atoms with Crippen LogP contribution < -0.4 is 5.73 Å². The van der Waals surface area contributed by atoms with E-state index in [9.17, 15) is 4.79 Å². The molecular formula is C16H23N3OS. The standard InChI is InChI=1S/C16H23N3OS/c1-6-12-14(16-18-7-8-21-16)13(15(17)20)11(5)19(12)10(4)9(2)3/h7-10H,6H2,1-5H3,(H2,17,20). The number of carbonyl (C=O) groups excluding carboxylic acids is 1. The predicted molar refractivity (Wildman–Crippen MR) is 87.7 cm³/mol. The number of rotatable bonds is 5. The maximum Gasteiger partial charge on any atom is 0.251 e. The SMILES string of the molecule is CCc1c(-c2nccs2)c(C(N)=O)c(C)n1C(C)C(C)C. The number of nitrogens with two attached hydrogens (primary N) is 1. The third-order valence-electron chi connectivity index (χ3n) is 4.15. The zero-order valence-electron chi connectivity index (χ0n) is 13.3. The maximum absolute atomic E-state index is 12.0. The van der Waals surface area contributed by atoms with Gasteiger partial charge in [0, 0.05) is 34.6 Å². The highest BCUT2D eigenvalue weighted by Gasteiger charge is 2.27. The number of aromatic nitrogens is 2. The largest absolute Gasteiger partial charge is 0.366 e. The minimum atomic E-state index is -0.373. The summed E-state index contributed by atoms with van der Waals surface area (Å²) in [7, 11) is 0. The second-order valence-electron chi connectivity index (χ2n) is 5.69. The van der Waals surface area contributed by atoms with Gasteiger partial charge in [-0.1, -0.05) is 20.8 Å². The van der Waals surface area contributed by atoms with Gasteiger partial charge in [-0.3, -0.25) is 4.79 Å². The van der Waals surface area contributed by atoms with Crippen molar-refractivity contribution in [1.82, 2.24) is 9.55 Å². The second kappa shape index (κ2) is 6.02. The Morgan fingerprint density at radius 1 is 1.43 bits per heavy atom. The molecule has 2 rings (SSSR count). The van der Waals surface area contributed by atoms with Crippen LogP contribution >= 0.6 is 11.3 Å². The summed E-state index contributed by atoms with van der Waals surface area (Å²) < 4.78 is 2.27. The third-order valence-corrected chi connectivity index (χ3v) is 4.94. The second-order valence-corrected chi connectivity index (χ2v) is 6.59. The van der Waals surface area contributed by atoms with Crippen LogP contribution in [0.2, 0.25) is 0 Å². The van der Waals surface area contributed by atoms with Gasteiger partial charge in [-0.15, -0.1) is 11.3 Å². The molecule has 0 fully saturated rings. The van der Waals surface area contributed by atoms with Crippen LogP contribution in [0.15, 0.2) is 11.6 Å². The Morgan fingerprint density at radius 3 is 2.52 bits per heavy atom. The van der Waals surface area contributed by atoms with Crippen molar-refractivity contribution in [3.8, 4) is 10.6 Å². The normalized spacial score (nSPS) is 12.9. The number of thiazole rings is 1. The summed E-state index contributed by atoms with van der Waals surface area (Å²) in [6.07, 6.45) is 2.61. The molecule has 0 aliphatic carbocycles. The van der Waals surface area contributed by atoms with Crippen molar-refractivity contribution in [2.75, 3.05) is 0 Å². The lowest BCUT2D eigenvalue weighted by molar-refractivity contribution is 0.1000. The van der Waals surface area contributed by atoms with E-state index in [0.717, 1.165) is 28.4 Å². The van der Waals surface area contributed by atoms with Gasteiger partial charge >= 0.3 is 0 Å². The fourth-order valence-electron chi connectivity index (χ4n) is 2.84. The van der Waals surface area contributed by atoms with Gasteiger partial charge in [0.25, 0.3) is 5.91 Å². The molecule has 0 bridgehead atoms. The molecule has 1 amide bonds. The van der Waals surface area contributed by atoms with Crippen LogP contribution in [0.4, 0.5) is 0 Å². The van der Waals surface area contributed by atoms with Gasteiger partial charge in [0.1, 0.15) is 5.01 Å². The summed E-state index contributed by atoms with van der Waals surface area (Å²) in [5, 5.41) is 2.80. The number of primary amides is 1. The first-order valence-electron chi connectivity index (χ1n) is 7.33. The van der Waals surface area contributed by atoms with E-state index in [-0.39, 0.29) is 5.91 Å². The molecule has 2 N–H and O–H groups in total. The summed E-state index contributed by atoms with van der Waals surface area (Å²) in [5.41, 5.74) is 9.30. The van der Waals surface area contributed by atoms with Crippen LogP contribution in [0, 0.1) is 12.8 Å². The van der Waals surface area contributed by atoms with Gasteiger partial charge in [-0.05, 0) is 26.2 Å². The van der Waals surface area contributed by atoms with Crippen LogP contribution in [0.25, 0.3) is 10.6 Å². The zero-order chi connectivity index (χ0) is 15.7. The third kappa shape index (κ3) is 2.62. The molecule has 0 spiro atoms. The number of nitrogens with zero attached hydrogens (tertiary/aromatic N) is 2. The summed E-state index contributed by atoms with van der Waals surface area (Å²) in [4.78, 5) is 16.4. The van der Waals surface area contributed by atoms with E-state index in [0.29, 0.717) is 17.5 Å². The number of amides is 1.